The first-order valence-corrected chi connectivity index (χ1v) is 8.96. The Balaban J connectivity index is 2.63. The van der Waals surface area contributed by atoms with E-state index in [0.29, 0.717) is 17.7 Å². The van der Waals surface area contributed by atoms with Crippen LogP contribution in [0.4, 0.5) is 0 Å². The Morgan fingerprint density at radius 3 is 2.43 bits per heavy atom. The molecule has 0 atom stereocenters. The van der Waals surface area contributed by atoms with Gasteiger partial charge in [-0.3, -0.25) is 0 Å². The minimum atomic E-state index is -3.63. The molecule has 2 aromatic rings. The van der Waals surface area contributed by atoms with Crippen molar-refractivity contribution in [2.75, 3.05) is 6.26 Å². The maximum absolute atomic E-state index is 12.0. The van der Waals surface area contributed by atoms with Crippen LogP contribution in [0.15, 0.2) is 41.3 Å². The average molecular weight is 334 g/mol. The van der Waals surface area contributed by atoms with Crippen molar-refractivity contribution in [3.63, 3.8) is 0 Å². The number of aryl methyl sites for hydroxylation is 2. The van der Waals surface area contributed by atoms with Crippen molar-refractivity contribution in [1.29, 1.82) is 0 Å². The van der Waals surface area contributed by atoms with Crippen LogP contribution in [0.2, 0.25) is 0 Å². The molecule has 0 aliphatic rings. The van der Waals surface area contributed by atoms with Gasteiger partial charge >= 0.3 is 5.97 Å². The summed E-state index contributed by atoms with van der Waals surface area (Å²) in [5.74, 6) is -0.520. The van der Waals surface area contributed by atoms with Crippen molar-refractivity contribution in [3.05, 3.63) is 53.1 Å². The molecule has 0 radical (unpaired) electrons. The van der Waals surface area contributed by atoms with Gasteiger partial charge in [-0.25, -0.2) is 13.2 Å². The minimum Gasteiger partial charge on any atom is -0.478 e. The quantitative estimate of drug-likeness (QED) is 0.906. The number of carboxylic acids is 1. The summed E-state index contributed by atoms with van der Waals surface area (Å²) in [6.07, 6.45) is 1.48. The summed E-state index contributed by atoms with van der Waals surface area (Å²) >= 11 is 0. The van der Waals surface area contributed by atoms with Gasteiger partial charge in [-0.05, 0) is 48.7 Å². The number of benzene rings is 2. The molecule has 0 amide bonds. The van der Waals surface area contributed by atoms with Gasteiger partial charge in [0, 0.05) is 6.26 Å². The lowest BCUT2D eigenvalue weighted by atomic mass is 10.0. The zero-order valence-corrected chi connectivity index (χ0v) is 14.0. The maximum atomic E-state index is 12.0. The summed E-state index contributed by atoms with van der Waals surface area (Å²) in [5, 5.41) is 9.27. The molecule has 23 heavy (non-hydrogen) atoms. The van der Waals surface area contributed by atoms with Crippen LogP contribution >= 0.6 is 0 Å². The number of rotatable bonds is 5. The van der Waals surface area contributed by atoms with Crippen LogP contribution in [0.3, 0.4) is 0 Å². The lowest BCUT2D eigenvalue weighted by Crippen LogP contribution is -2.08. The third kappa shape index (κ3) is 3.90. The molecule has 122 valence electrons. The molecule has 2 aromatic carbocycles. The van der Waals surface area contributed by atoms with Crippen LogP contribution in [0.25, 0.3) is 0 Å². The van der Waals surface area contributed by atoms with Crippen LogP contribution in [0.5, 0.6) is 11.5 Å². The van der Waals surface area contributed by atoms with Crippen molar-refractivity contribution in [2.24, 2.45) is 0 Å². The Morgan fingerprint density at radius 2 is 1.91 bits per heavy atom. The molecule has 0 aliphatic heterocycles. The van der Waals surface area contributed by atoms with Gasteiger partial charge in [0.25, 0.3) is 0 Å². The second kappa shape index (κ2) is 6.42. The first-order valence-electron chi connectivity index (χ1n) is 7.07. The fourth-order valence-corrected chi connectivity index (χ4v) is 3.07. The molecule has 5 nitrogen and oxygen atoms in total. The zero-order chi connectivity index (χ0) is 17.2. The largest absolute Gasteiger partial charge is 0.478 e. The van der Waals surface area contributed by atoms with E-state index in [0.717, 1.165) is 11.8 Å². The molecule has 6 heteroatoms. The number of aromatic carboxylic acids is 1. The predicted octanol–water partition coefficient (Wildman–Crippen LogP) is 3.45. The van der Waals surface area contributed by atoms with Crippen LogP contribution in [-0.4, -0.2) is 25.7 Å². The Hall–Kier alpha value is -2.34. The highest BCUT2D eigenvalue weighted by Crippen LogP contribution is 2.32. The zero-order valence-electron chi connectivity index (χ0n) is 13.2. The Morgan fingerprint density at radius 1 is 1.22 bits per heavy atom. The molecular formula is C17H18O5S. The molecule has 0 bridgehead atoms. The normalized spacial score (nSPS) is 11.3. The van der Waals surface area contributed by atoms with Crippen molar-refractivity contribution in [1.82, 2.24) is 0 Å². The maximum Gasteiger partial charge on any atom is 0.336 e. The van der Waals surface area contributed by atoms with Gasteiger partial charge in [0.15, 0.2) is 9.84 Å². The molecule has 1 N–H and O–H groups in total. The van der Waals surface area contributed by atoms with Gasteiger partial charge in [0.2, 0.25) is 0 Å². The van der Waals surface area contributed by atoms with E-state index >= 15 is 0 Å². The lowest BCUT2D eigenvalue weighted by Gasteiger charge is -2.14. The third-order valence-corrected chi connectivity index (χ3v) is 4.52. The van der Waals surface area contributed by atoms with E-state index in [1.165, 1.54) is 12.1 Å². The second-order valence-corrected chi connectivity index (χ2v) is 7.29. The van der Waals surface area contributed by atoms with E-state index in [2.05, 4.69) is 0 Å². The summed E-state index contributed by atoms with van der Waals surface area (Å²) < 4.78 is 29.7. The minimum absolute atomic E-state index is 0.0236. The fourth-order valence-electron chi connectivity index (χ4n) is 2.27. The first-order chi connectivity index (χ1) is 10.7. The molecule has 0 aliphatic carbocycles. The summed E-state index contributed by atoms with van der Waals surface area (Å²) in [6, 6.07) is 9.86. The molecule has 0 saturated heterocycles. The summed E-state index contributed by atoms with van der Waals surface area (Å²) in [7, 11) is -3.63. The number of sulfone groups is 1. The molecule has 0 heterocycles. The van der Waals surface area contributed by atoms with Crippen molar-refractivity contribution >= 4 is 15.8 Å². The van der Waals surface area contributed by atoms with Crippen molar-refractivity contribution < 1.29 is 23.1 Å². The van der Waals surface area contributed by atoms with Crippen LogP contribution < -0.4 is 4.74 Å². The molecular weight excluding hydrogens is 316 g/mol. The monoisotopic (exact) mass is 334 g/mol. The lowest BCUT2D eigenvalue weighted by molar-refractivity contribution is 0.0695. The highest BCUT2D eigenvalue weighted by atomic mass is 32.2. The standard InChI is InChI=1S/C17H18O5S/c1-4-12-9-15(22-13-7-5-6-11(2)8-13)16(23(3,20)21)10-14(12)17(18)19/h5-10H,4H2,1-3H3,(H,18,19). The van der Waals surface area contributed by atoms with Crippen molar-refractivity contribution in [2.45, 2.75) is 25.2 Å². The molecule has 0 unspecified atom stereocenters. The SMILES string of the molecule is CCc1cc(Oc2cccc(C)c2)c(S(C)(=O)=O)cc1C(=O)O. The third-order valence-electron chi connectivity index (χ3n) is 3.40. The average Bonchev–Trinajstić information content (AvgIpc) is 2.45. The number of carboxylic acid groups (broad SMARTS) is 1. The van der Waals surface area contributed by atoms with E-state index in [4.69, 9.17) is 4.74 Å². The van der Waals surface area contributed by atoms with Gasteiger partial charge in [-0.1, -0.05) is 19.1 Å². The highest BCUT2D eigenvalue weighted by Gasteiger charge is 2.21. The van der Waals surface area contributed by atoms with E-state index < -0.39 is 15.8 Å². The number of hydrogen-bond acceptors (Lipinski definition) is 4. The fraction of sp³-hybridized carbons (Fsp3) is 0.235. The highest BCUT2D eigenvalue weighted by molar-refractivity contribution is 7.90. The second-order valence-electron chi connectivity index (χ2n) is 5.31. The van der Waals surface area contributed by atoms with E-state index in [1.54, 1.807) is 25.1 Å². The number of carbonyl (C=O) groups is 1. The summed E-state index contributed by atoms with van der Waals surface area (Å²) in [4.78, 5) is 11.2. The summed E-state index contributed by atoms with van der Waals surface area (Å²) in [5.41, 5.74) is 1.47. The van der Waals surface area contributed by atoms with Crippen LogP contribution in [-0.2, 0) is 16.3 Å². The van der Waals surface area contributed by atoms with E-state index in [-0.39, 0.29) is 16.2 Å². The Labute approximate surface area is 135 Å². The topological polar surface area (TPSA) is 80.7 Å². The smallest absolute Gasteiger partial charge is 0.336 e. The molecule has 0 saturated carbocycles. The van der Waals surface area contributed by atoms with Crippen molar-refractivity contribution in [3.8, 4) is 11.5 Å². The first kappa shape index (κ1) is 17.0. The van der Waals surface area contributed by atoms with Gasteiger partial charge in [-0.15, -0.1) is 0 Å². The van der Waals surface area contributed by atoms with Crippen LogP contribution in [0, 0.1) is 6.92 Å². The number of ether oxygens (including phenoxy) is 1. The molecule has 2 rings (SSSR count). The van der Waals surface area contributed by atoms with Crippen LogP contribution in [0.1, 0.15) is 28.4 Å². The molecule has 0 fully saturated rings. The van der Waals surface area contributed by atoms with E-state index in [1.807, 2.05) is 13.0 Å². The Kier molecular flexibility index (Phi) is 4.75. The van der Waals surface area contributed by atoms with Gasteiger partial charge in [0.1, 0.15) is 16.4 Å². The molecule has 0 spiro atoms. The molecule has 0 aromatic heterocycles. The van der Waals surface area contributed by atoms with Gasteiger partial charge < -0.3 is 9.84 Å². The van der Waals surface area contributed by atoms with Gasteiger partial charge in [-0.2, -0.15) is 0 Å². The number of hydrogen-bond donors (Lipinski definition) is 1. The van der Waals surface area contributed by atoms with Gasteiger partial charge in [0.05, 0.1) is 5.56 Å². The van der Waals surface area contributed by atoms with E-state index in [9.17, 15) is 18.3 Å². The summed E-state index contributed by atoms with van der Waals surface area (Å²) in [6.45, 7) is 3.70. The Bertz CT molecular complexity index is 853. The predicted molar refractivity (Wildman–Crippen MR) is 87.1 cm³/mol.